The first-order chi connectivity index (χ1) is 13.8. The summed E-state index contributed by atoms with van der Waals surface area (Å²) in [6, 6.07) is 16.4. The van der Waals surface area contributed by atoms with Gasteiger partial charge in [0.15, 0.2) is 6.29 Å². The van der Waals surface area contributed by atoms with Gasteiger partial charge in [0.2, 0.25) is 0 Å². The summed E-state index contributed by atoms with van der Waals surface area (Å²) >= 11 is 0. The monoisotopic (exact) mass is 380 g/mol. The van der Waals surface area contributed by atoms with Crippen LogP contribution in [0, 0.1) is 11.8 Å². The second kappa shape index (κ2) is 11.5. The molecule has 4 nitrogen and oxygen atoms in total. The van der Waals surface area contributed by atoms with Crippen LogP contribution < -0.4 is 4.74 Å². The van der Waals surface area contributed by atoms with Gasteiger partial charge in [-0.1, -0.05) is 36.1 Å². The Kier molecular flexibility index (Phi) is 8.39. The third kappa shape index (κ3) is 6.69. The van der Waals surface area contributed by atoms with Gasteiger partial charge in [0.1, 0.15) is 12.4 Å². The van der Waals surface area contributed by atoms with Gasteiger partial charge in [-0.05, 0) is 55.2 Å². The summed E-state index contributed by atoms with van der Waals surface area (Å²) in [5.74, 6) is 7.00. The van der Waals surface area contributed by atoms with Crippen molar-refractivity contribution < 1.29 is 18.9 Å². The molecule has 0 radical (unpaired) electrons. The molecule has 2 aromatic carbocycles. The molecule has 1 saturated heterocycles. The second-order valence-electron chi connectivity index (χ2n) is 6.57. The number of benzene rings is 2. The van der Waals surface area contributed by atoms with Crippen LogP contribution in [0.2, 0.25) is 0 Å². The molecule has 0 N–H and O–H groups in total. The molecule has 2 aromatic rings. The van der Waals surface area contributed by atoms with Gasteiger partial charge in [-0.2, -0.15) is 0 Å². The molecule has 0 saturated carbocycles. The number of hydrogen-bond donors (Lipinski definition) is 0. The van der Waals surface area contributed by atoms with Gasteiger partial charge in [-0.3, -0.25) is 0 Å². The van der Waals surface area contributed by atoms with Gasteiger partial charge in [0, 0.05) is 18.6 Å². The van der Waals surface area contributed by atoms with E-state index < -0.39 is 0 Å². The van der Waals surface area contributed by atoms with Crippen molar-refractivity contribution in [3.8, 4) is 28.7 Å². The Morgan fingerprint density at radius 1 is 0.929 bits per heavy atom. The first kappa shape index (κ1) is 20.4. The lowest BCUT2D eigenvalue weighted by atomic mass is 10.0. The van der Waals surface area contributed by atoms with E-state index in [2.05, 4.69) is 36.1 Å². The zero-order chi connectivity index (χ0) is 19.4. The maximum Gasteiger partial charge on any atom is 0.199 e. The van der Waals surface area contributed by atoms with E-state index in [0.29, 0.717) is 26.4 Å². The molecular formula is C24H28O4. The average molecular weight is 380 g/mol. The van der Waals surface area contributed by atoms with Crippen molar-refractivity contribution in [1.29, 1.82) is 0 Å². The predicted molar refractivity (Wildman–Crippen MR) is 110 cm³/mol. The highest BCUT2D eigenvalue weighted by Crippen LogP contribution is 2.24. The summed E-state index contributed by atoms with van der Waals surface area (Å²) < 4.78 is 22.1. The maximum absolute atomic E-state index is 5.89. The molecule has 1 atom stereocenters. The number of hydrogen-bond acceptors (Lipinski definition) is 4. The zero-order valence-corrected chi connectivity index (χ0v) is 16.5. The molecule has 1 aliphatic heterocycles. The molecule has 0 aliphatic carbocycles. The van der Waals surface area contributed by atoms with E-state index >= 15 is 0 Å². The van der Waals surface area contributed by atoms with Crippen molar-refractivity contribution in [3.63, 3.8) is 0 Å². The largest absolute Gasteiger partial charge is 0.465 e. The molecule has 28 heavy (non-hydrogen) atoms. The molecule has 148 valence electrons. The molecule has 1 fully saturated rings. The van der Waals surface area contributed by atoms with Crippen LogP contribution in [0.4, 0.5) is 0 Å². The highest BCUT2D eigenvalue weighted by Gasteiger charge is 2.14. The summed E-state index contributed by atoms with van der Waals surface area (Å²) in [6.45, 7) is 5.08. The normalized spacial score (nSPS) is 16.2. The smallest absolute Gasteiger partial charge is 0.199 e. The van der Waals surface area contributed by atoms with Crippen LogP contribution >= 0.6 is 0 Å². The molecule has 0 aromatic heterocycles. The molecule has 0 spiro atoms. The molecule has 0 amide bonds. The number of rotatable bonds is 8. The van der Waals surface area contributed by atoms with Crippen molar-refractivity contribution in [2.75, 3.05) is 33.0 Å². The lowest BCUT2D eigenvalue weighted by Crippen LogP contribution is -2.24. The zero-order valence-electron chi connectivity index (χ0n) is 16.5. The van der Waals surface area contributed by atoms with E-state index in [1.165, 1.54) is 0 Å². The Labute approximate surface area is 167 Å². The highest BCUT2D eigenvalue weighted by molar-refractivity contribution is 5.65. The van der Waals surface area contributed by atoms with Crippen LogP contribution in [0.15, 0.2) is 48.5 Å². The minimum atomic E-state index is -0.111. The first-order valence-corrected chi connectivity index (χ1v) is 9.98. The van der Waals surface area contributed by atoms with Crippen molar-refractivity contribution >= 4 is 0 Å². The van der Waals surface area contributed by atoms with Gasteiger partial charge >= 0.3 is 0 Å². The topological polar surface area (TPSA) is 36.9 Å². The fraction of sp³-hybridized carbons (Fsp3) is 0.417. The van der Waals surface area contributed by atoms with Crippen LogP contribution in [0.5, 0.6) is 5.75 Å². The summed E-state index contributed by atoms with van der Waals surface area (Å²) in [6.07, 6.45) is 3.14. The van der Waals surface area contributed by atoms with Crippen LogP contribution in [0.1, 0.15) is 31.7 Å². The second-order valence-corrected chi connectivity index (χ2v) is 6.57. The summed E-state index contributed by atoms with van der Waals surface area (Å²) in [7, 11) is 0. The Morgan fingerprint density at radius 2 is 1.64 bits per heavy atom. The summed E-state index contributed by atoms with van der Waals surface area (Å²) in [5, 5.41) is 0. The Morgan fingerprint density at radius 3 is 2.32 bits per heavy atom. The van der Waals surface area contributed by atoms with Crippen molar-refractivity contribution in [3.05, 3.63) is 54.1 Å². The van der Waals surface area contributed by atoms with Crippen LogP contribution in [0.3, 0.4) is 0 Å². The lowest BCUT2D eigenvalue weighted by molar-refractivity contribution is -0.105. The van der Waals surface area contributed by atoms with Crippen molar-refractivity contribution in [1.82, 2.24) is 0 Å². The van der Waals surface area contributed by atoms with Crippen LogP contribution in [-0.2, 0) is 14.2 Å². The fourth-order valence-corrected chi connectivity index (χ4v) is 2.95. The third-order valence-electron chi connectivity index (χ3n) is 4.46. The van der Waals surface area contributed by atoms with Crippen molar-refractivity contribution in [2.24, 2.45) is 0 Å². The van der Waals surface area contributed by atoms with Crippen molar-refractivity contribution in [2.45, 2.75) is 32.5 Å². The molecule has 0 bridgehead atoms. The Hall–Kier alpha value is -2.32. The SMILES string of the molecule is CCOCCOCC#Cc1ccc(-c2ccc(OC3CCCCO3)cc2)cc1. The third-order valence-corrected chi connectivity index (χ3v) is 4.46. The highest BCUT2D eigenvalue weighted by atomic mass is 16.7. The quantitative estimate of drug-likeness (QED) is 0.493. The Balaban J connectivity index is 1.49. The standard InChI is InChI=1S/C24H28O4/c1-2-25-18-19-26-16-5-6-20-8-10-21(11-9-20)22-12-14-23(15-13-22)28-24-7-3-4-17-27-24/h8-15,24H,2-4,7,16-19H2,1H3. The molecule has 3 rings (SSSR count). The van der Waals surface area contributed by atoms with Crippen LogP contribution in [0.25, 0.3) is 11.1 Å². The fourth-order valence-electron chi connectivity index (χ4n) is 2.95. The average Bonchev–Trinajstić information content (AvgIpc) is 2.75. The lowest BCUT2D eigenvalue weighted by Gasteiger charge is -2.23. The maximum atomic E-state index is 5.89. The Bertz CT molecular complexity index is 750. The minimum absolute atomic E-state index is 0.111. The first-order valence-electron chi connectivity index (χ1n) is 9.98. The van der Waals surface area contributed by atoms with Gasteiger partial charge in [-0.15, -0.1) is 0 Å². The van der Waals surface area contributed by atoms with Gasteiger partial charge in [0.25, 0.3) is 0 Å². The summed E-state index contributed by atoms with van der Waals surface area (Å²) in [4.78, 5) is 0. The van der Waals surface area contributed by atoms with E-state index in [1.807, 2.05) is 31.2 Å². The van der Waals surface area contributed by atoms with E-state index in [4.69, 9.17) is 18.9 Å². The van der Waals surface area contributed by atoms with E-state index in [9.17, 15) is 0 Å². The minimum Gasteiger partial charge on any atom is -0.465 e. The van der Waals surface area contributed by atoms with Gasteiger partial charge in [0.05, 0.1) is 19.8 Å². The van der Waals surface area contributed by atoms with E-state index in [0.717, 1.165) is 48.3 Å². The van der Waals surface area contributed by atoms with Crippen LogP contribution in [-0.4, -0.2) is 39.3 Å². The van der Waals surface area contributed by atoms with Gasteiger partial charge in [-0.25, -0.2) is 0 Å². The molecule has 1 aliphatic rings. The van der Waals surface area contributed by atoms with Gasteiger partial charge < -0.3 is 18.9 Å². The summed E-state index contributed by atoms with van der Waals surface area (Å²) in [5.41, 5.74) is 3.28. The molecule has 4 heteroatoms. The number of ether oxygens (including phenoxy) is 4. The van der Waals surface area contributed by atoms with E-state index in [1.54, 1.807) is 0 Å². The van der Waals surface area contributed by atoms with E-state index in [-0.39, 0.29) is 6.29 Å². The predicted octanol–water partition coefficient (Wildman–Crippen LogP) is 4.66. The molecule has 1 unspecified atom stereocenters. The molecule has 1 heterocycles. The molecular weight excluding hydrogens is 352 g/mol.